The second-order valence-electron chi connectivity index (χ2n) is 8.27. The normalized spacial score (nSPS) is 11.4. The number of hydrogen-bond acceptors (Lipinski definition) is 7. The number of methoxy groups -OCH3 is 1. The van der Waals surface area contributed by atoms with Crippen molar-refractivity contribution in [3.63, 3.8) is 0 Å². The first-order chi connectivity index (χ1) is 17.0. The zero-order chi connectivity index (χ0) is 24.5. The Morgan fingerprint density at radius 3 is 1.69 bits per heavy atom. The lowest BCUT2D eigenvalue weighted by atomic mass is 9.86. The minimum absolute atomic E-state index is 0.0328. The number of rotatable bonds is 6. The van der Waals surface area contributed by atoms with Gasteiger partial charge in [-0.05, 0) is 54.7 Å². The van der Waals surface area contributed by atoms with Gasteiger partial charge in [0.15, 0.2) is 0 Å². The molecule has 0 aliphatic carbocycles. The Morgan fingerprint density at radius 2 is 1.17 bits per heavy atom. The van der Waals surface area contributed by atoms with Crippen molar-refractivity contribution in [2.45, 2.75) is 18.8 Å². The fourth-order valence-electron chi connectivity index (χ4n) is 4.49. The van der Waals surface area contributed by atoms with Crippen LogP contribution in [0.3, 0.4) is 0 Å². The van der Waals surface area contributed by atoms with Gasteiger partial charge in [0.2, 0.25) is 0 Å². The first-order valence-corrected chi connectivity index (χ1v) is 11.1. The third kappa shape index (κ3) is 4.01. The monoisotopic (exact) mass is 470 g/mol. The van der Waals surface area contributed by atoms with Crippen molar-refractivity contribution in [2.24, 2.45) is 0 Å². The molecule has 7 nitrogen and oxygen atoms in total. The van der Waals surface area contributed by atoms with Gasteiger partial charge < -0.3 is 23.8 Å². The van der Waals surface area contributed by atoms with Crippen LogP contribution >= 0.6 is 0 Å². The highest BCUT2D eigenvalue weighted by atomic mass is 16.5. The van der Waals surface area contributed by atoms with E-state index in [1.165, 1.54) is 7.11 Å². The molecule has 176 valence electrons. The summed E-state index contributed by atoms with van der Waals surface area (Å²) in [7, 11) is 1.53. The van der Waals surface area contributed by atoms with E-state index in [4.69, 9.17) is 13.6 Å². The summed E-state index contributed by atoms with van der Waals surface area (Å²) in [6, 6.07) is 20.7. The second-order valence-corrected chi connectivity index (χ2v) is 8.27. The molecule has 5 aromatic rings. The lowest BCUT2D eigenvalue weighted by Gasteiger charge is -2.20. The molecule has 0 unspecified atom stereocenters. The molecular weight excluding hydrogens is 448 g/mol. The Kier molecular flexibility index (Phi) is 5.74. The molecule has 2 aromatic heterocycles. The maximum absolute atomic E-state index is 12.8. The molecule has 0 spiro atoms. The first kappa shape index (κ1) is 22.3. The van der Waals surface area contributed by atoms with Gasteiger partial charge >= 0.3 is 11.3 Å². The van der Waals surface area contributed by atoms with Crippen molar-refractivity contribution in [3.8, 4) is 17.2 Å². The van der Waals surface area contributed by atoms with Gasteiger partial charge in [0, 0.05) is 0 Å². The quantitative estimate of drug-likeness (QED) is 0.340. The van der Waals surface area contributed by atoms with Crippen molar-refractivity contribution in [1.29, 1.82) is 0 Å². The van der Waals surface area contributed by atoms with Crippen molar-refractivity contribution in [2.75, 3.05) is 7.11 Å². The number of fused-ring (bicyclic) bond motifs is 2. The summed E-state index contributed by atoms with van der Waals surface area (Å²) in [5.41, 5.74) is 0.0648. The molecule has 0 saturated carbocycles. The Labute approximate surface area is 199 Å². The largest absolute Gasteiger partial charge is 0.507 e. The molecule has 2 heterocycles. The van der Waals surface area contributed by atoms with E-state index in [2.05, 4.69) is 0 Å². The molecule has 5 rings (SSSR count). The van der Waals surface area contributed by atoms with E-state index in [1.54, 1.807) is 54.6 Å². The van der Waals surface area contributed by atoms with Crippen molar-refractivity contribution >= 4 is 21.9 Å². The van der Waals surface area contributed by atoms with Gasteiger partial charge in [-0.3, -0.25) is 0 Å². The molecule has 0 radical (unpaired) electrons. The molecule has 0 aliphatic heterocycles. The molecule has 2 N–H and O–H groups in total. The maximum Gasteiger partial charge on any atom is 0.343 e. The lowest BCUT2D eigenvalue weighted by Crippen LogP contribution is -2.18. The molecular formula is C28H22O7. The van der Waals surface area contributed by atoms with Crippen molar-refractivity contribution < 1.29 is 23.8 Å². The van der Waals surface area contributed by atoms with Crippen LogP contribution in [0.2, 0.25) is 0 Å². The number of hydrogen-bond donors (Lipinski definition) is 2. The molecule has 0 bridgehead atoms. The third-order valence-corrected chi connectivity index (χ3v) is 6.23. The van der Waals surface area contributed by atoms with Crippen LogP contribution < -0.4 is 16.0 Å². The Bertz CT molecular complexity index is 1560. The van der Waals surface area contributed by atoms with Crippen LogP contribution in [0.5, 0.6) is 17.2 Å². The summed E-state index contributed by atoms with van der Waals surface area (Å²) in [5, 5.41) is 22.7. The highest BCUT2D eigenvalue weighted by Gasteiger charge is 2.26. The van der Waals surface area contributed by atoms with Crippen LogP contribution in [0.1, 0.15) is 22.6 Å². The summed E-state index contributed by atoms with van der Waals surface area (Å²) >= 11 is 0. The highest BCUT2D eigenvalue weighted by molar-refractivity contribution is 5.84. The molecule has 0 aliphatic rings. The SMILES string of the molecule is COc1ccccc1C(Cc1c(O)c2ccccc2oc1=O)Cc1c(O)c2ccccc2oc1=O. The average molecular weight is 470 g/mol. The number of aromatic hydroxyl groups is 2. The second kappa shape index (κ2) is 9.02. The van der Waals surface area contributed by atoms with Crippen LogP contribution in [0.15, 0.2) is 91.2 Å². The summed E-state index contributed by atoms with van der Waals surface area (Å²) in [4.78, 5) is 25.7. The minimum Gasteiger partial charge on any atom is -0.507 e. The van der Waals surface area contributed by atoms with Gasteiger partial charge in [0.25, 0.3) is 0 Å². The standard InChI is InChI=1S/C28H22O7/c1-33-22-11-5-2-8-17(22)16(14-20-25(29)18-9-3-6-12-23(18)34-27(20)31)15-21-26(30)19-10-4-7-13-24(19)35-28(21)32/h2-13,16,29-30H,14-15H2,1H3. The van der Waals surface area contributed by atoms with Crippen LogP contribution in [0.25, 0.3) is 21.9 Å². The van der Waals surface area contributed by atoms with E-state index >= 15 is 0 Å². The number of ether oxygens (including phenoxy) is 1. The molecule has 0 fully saturated rings. The van der Waals surface area contributed by atoms with E-state index in [9.17, 15) is 19.8 Å². The maximum atomic E-state index is 12.8. The van der Waals surface area contributed by atoms with Gasteiger partial charge in [0.1, 0.15) is 28.4 Å². The fraction of sp³-hybridized carbons (Fsp3) is 0.143. The lowest BCUT2D eigenvalue weighted by molar-refractivity contribution is 0.401. The van der Waals surface area contributed by atoms with Crippen LogP contribution in [-0.4, -0.2) is 17.3 Å². The van der Waals surface area contributed by atoms with E-state index in [0.717, 1.165) is 0 Å². The number of para-hydroxylation sites is 3. The van der Waals surface area contributed by atoms with Gasteiger partial charge in [0.05, 0.1) is 29.0 Å². The smallest absolute Gasteiger partial charge is 0.343 e. The van der Waals surface area contributed by atoms with Gasteiger partial charge in [-0.1, -0.05) is 42.5 Å². The van der Waals surface area contributed by atoms with Gasteiger partial charge in [-0.25, -0.2) is 9.59 Å². The van der Waals surface area contributed by atoms with Crippen LogP contribution in [0.4, 0.5) is 0 Å². The van der Waals surface area contributed by atoms with E-state index in [1.807, 2.05) is 18.2 Å². The van der Waals surface area contributed by atoms with Gasteiger partial charge in [-0.15, -0.1) is 0 Å². The molecule has 7 heteroatoms. The number of benzene rings is 3. The summed E-state index contributed by atoms with van der Waals surface area (Å²) in [6.45, 7) is 0. The molecule has 35 heavy (non-hydrogen) atoms. The molecule has 0 amide bonds. The van der Waals surface area contributed by atoms with Gasteiger partial charge in [-0.2, -0.15) is 0 Å². The van der Waals surface area contributed by atoms with E-state index in [-0.39, 0.29) is 46.6 Å². The zero-order valence-electron chi connectivity index (χ0n) is 18.9. The van der Waals surface area contributed by atoms with Crippen molar-refractivity contribution in [3.05, 3.63) is 110 Å². The minimum atomic E-state index is -0.670. The third-order valence-electron chi connectivity index (χ3n) is 6.23. The van der Waals surface area contributed by atoms with Crippen LogP contribution in [0, 0.1) is 0 Å². The average Bonchev–Trinajstić information content (AvgIpc) is 2.87. The fourth-order valence-corrected chi connectivity index (χ4v) is 4.49. The van der Waals surface area contributed by atoms with Crippen molar-refractivity contribution in [1.82, 2.24) is 0 Å². The Morgan fingerprint density at radius 1 is 0.714 bits per heavy atom. The first-order valence-electron chi connectivity index (χ1n) is 11.1. The van der Waals surface area contributed by atoms with E-state index in [0.29, 0.717) is 22.1 Å². The topological polar surface area (TPSA) is 110 Å². The van der Waals surface area contributed by atoms with Crippen LogP contribution in [-0.2, 0) is 12.8 Å². The highest BCUT2D eigenvalue weighted by Crippen LogP contribution is 2.37. The predicted octanol–water partition coefficient (Wildman–Crippen LogP) is 4.89. The Hall–Kier alpha value is -4.52. The molecule has 0 saturated heterocycles. The summed E-state index contributed by atoms with van der Waals surface area (Å²) in [5.74, 6) is -0.332. The predicted molar refractivity (Wildman–Crippen MR) is 131 cm³/mol. The molecule has 0 atom stereocenters. The Balaban J connectivity index is 1.66. The summed E-state index contributed by atoms with van der Waals surface area (Å²) < 4.78 is 16.4. The summed E-state index contributed by atoms with van der Waals surface area (Å²) in [6.07, 6.45) is 0.0656. The van der Waals surface area contributed by atoms with E-state index < -0.39 is 17.2 Å². The molecule has 3 aromatic carbocycles. The zero-order valence-corrected chi connectivity index (χ0v) is 18.9.